The van der Waals surface area contributed by atoms with E-state index in [-0.39, 0.29) is 23.6 Å². The summed E-state index contributed by atoms with van der Waals surface area (Å²) in [6.07, 6.45) is 0.0997. The lowest BCUT2D eigenvalue weighted by Gasteiger charge is -2.18. The number of rotatable bonds is 9. The number of amides is 1. The van der Waals surface area contributed by atoms with Crippen molar-refractivity contribution in [3.8, 4) is 22.6 Å². The van der Waals surface area contributed by atoms with Crippen molar-refractivity contribution in [2.75, 3.05) is 21.3 Å². The highest BCUT2D eigenvalue weighted by molar-refractivity contribution is 6.33. The molecule has 3 aromatic rings. The van der Waals surface area contributed by atoms with Crippen molar-refractivity contribution in [1.82, 2.24) is 5.32 Å². The van der Waals surface area contributed by atoms with Crippen molar-refractivity contribution in [3.05, 3.63) is 82.1 Å². The first-order valence-corrected chi connectivity index (χ1v) is 11.0. The summed E-state index contributed by atoms with van der Waals surface area (Å²) < 4.78 is 29.9. The fraction of sp³-hybridized carbons (Fsp3) is 0.231. The molecular weight excluding hydrogens is 477 g/mol. The average Bonchev–Trinajstić information content (AvgIpc) is 2.87. The lowest BCUT2D eigenvalue weighted by atomic mass is 9.98. The number of benzene rings is 3. The molecule has 0 aliphatic heterocycles. The molecular formula is C26H25ClFNO6. The molecule has 0 heterocycles. The topological polar surface area (TPSA) is 94.1 Å². The number of carbonyl (C=O) groups excluding carboxylic acids is 2. The molecule has 0 saturated heterocycles. The van der Waals surface area contributed by atoms with Crippen LogP contribution in [0, 0.1) is 5.82 Å². The number of methoxy groups -OCH3 is 3. The monoisotopic (exact) mass is 501 g/mol. The second-order valence-electron chi connectivity index (χ2n) is 7.58. The molecule has 0 spiro atoms. The summed E-state index contributed by atoms with van der Waals surface area (Å²) in [6.45, 7) is -0.162. The van der Waals surface area contributed by atoms with Gasteiger partial charge in [0.15, 0.2) is 0 Å². The minimum absolute atomic E-state index is 0.0643. The first kappa shape index (κ1) is 26.0. The van der Waals surface area contributed by atoms with E-state index in [1.807, 2.05) is 12.1 Å². The summed E-state index contributed by atoms with van der Waals surface area (Å²) in [7, 11) is 4.26. The van der Waals surface area contributed by atoms with Gasteiger partial charge in [0.2, 0.25) is 0 Å². The minimum Gasteiger partial charge on any atom is -0.496 e. The number of hydrogen-bond acceptors (Lipinski definition) is 6. The Balaban J connectivity index is 1.87. The lowest BCUT2D eigenvalue weighted by molar-refractivity contribution is -0.142. The first-order chi connectivity index (χ1) is 16.8. The van der Waals surface area contributed by atoms with Crippen molar-refractivity contribution in [2.24, 2.45) is 0 Å². The second kappa shape index (κ2) is 11.7. The largest absolute Gasteiger partial charge is 0.496 e. The van der Waals surface area contributed by atoms with Gasteiger partial charge in [0.05, 0.1) is 44.1 Å². The molecule has 1 atom stereocenters. The fourth-order valence-corrected chi connectivity index (χ4v) is 3.91. The summed E-state index contributed by atoms with van der Waals surface area (Å²) in [6, 6.07) is 13.5. The average molecular weight is 502 g/mol. The molecule has 3 aromatic carbocycles. The molecule has 184 valence electrons. The number of carbonyl (C=O) groups is 2. The van der Waals surface area contributed by atoms with Gasteiger partial charge >= 0.3 is 5.97 Å². The van der Waals surface area contributed by atoms with E-state index in [0.29, 0.717) is 28.2 Å². The van der Waals surface area contributed by atoms with E-state index in [2.05, 4.69) is 5.32 Å². The molecule has 0 aliphatic rings. The van der Waals surface area contributed by atoms with Gasteiger partial charge in [0.25, 0.3) is 5.91 Å². The number of esters is 1. The van der Waals surface area contributed by atoms with Gasteiger partial charge in [-0.05, 0) is 41.0 Å². The predicted molar refractivity (Wildman–Crippen MR) is 129 cm³/mol. The summed E-state index contributed by atoms with van der Waals surface area (Å²) in [4.78, 5) is 25.0. The Kier molecular flexibility index (Phi) is 8.68. The van der Waals surface area contributed by atoms with Crippen LogP contribution in [0.25, 0.3) is 11.1 Å². The van der Waals surface area contributed by atoms with Crippen molar-refractivity contribution >= 4 is 23.5 Å². The van der Waals surface area contributed by atoms with Crippen molar-refractivity contribution in [1.29, 1.82) is 0 Å². The zero-order chi connectivity index (χ0) is 25.5. The van der Waals surface area contributed by atoms with E-state index in [1.165, 1.54) is 33.5 Å². The third-order valence-electron chi connectivity index (χ3n) is 5.41. The maximum atomic E-state index is 14.1. The Morgan fingerprint density at radius 3 is 2.14 bits per heavy atom. The van der Waals surface area contributed by atoms with Crippen LogP contribution < -0.4 is 14.8 Å². The Morgan fingerprint density at radius 2 is 1.63 bits per heavy atom. The molecule has 35 heavy (non-hydrogen) atoms. The van der Waals surface area contributed by atoms with Gasteiger partial charge in [0, 0.05) is 6.42 Å². The highest BCUT2D eigenvalue weighted by Crippen LogP contribution is 2.39. The van der Waals surface area contributed by atoms with E-state index in [4.69, 9.17) is 25.8 Å². The van der Waals surface area contributed by atoms with Crippen LogP contribution in [-0.4, -0.2) is 44.4 Å². The standard InChI is InChI=1S/C26H25ClFNO6/c1-33-21-12-16(14-30)13-22(34-2)23(21)17-9-7-15(8-10-17)11-20(26(32)35-3)29-25(31)24-18(27)5-4-6-19(24)28/h4-10,12-13,20,30H,11,14H2,1-3H3,(H,29,31)/t20-/m0/s1. The molecule has 0 bridgehead atoms. The number of hydrogen-bond donors (Lipinski definition) is 2. The maximum absolute atomic E-state index is 14.1. The number of ether oxygens (including phenoxy) is 3. The van der Waals surface area contributed by atoms with Crippen LogP contribution in [0.5, 0.6) is 11.5 Å². The van der Waals surface area contributed by atoms with Gasteiger partial charge in [-0.15, -0.1) is 0 Å². The number of nitrogens with one attached hydrogen (secondary N) is 1. The maximum Gasteiger partial charge on any atom is 0.328 e. The van der Waals surface area contributed by atoms with Crippen molar-refractivity contribution in [2.45, 2.75) is 19.1 Å². The van der Waals surface area contributed by atoms with Crippen LogP contribution >= 0.6 is 11.6 Å². The zero-order valence-electron chi connectivity index (χ0n) is 19.4. The van der Waals surface area contributed by atoms with Gasteiger partial charge in [-0.1, -0.05) is 41.9 Å². The van der Waals surface area contributed by atoms with Crippen LogP contribution in [0.15, 0.2) is 54.6 Å². The molecule has 0 unspecified atom stereocenters. The third-order valence-corrected chi connectivity index (χ3v) is 5.73. The Morgan fingerprint density at radius 1 is 1.00 bits per heavy atom. The molecule has 0 saturated carbocycles. The molecule has 1 amide bonds. The highest BCUT2D eigenvalue weighted by Gasteiger charge is 2.25. The molecule has 0 aliphatic carbocycles. The van der Waals surface area contributed by atoms with E-state index < -0.39 is 23.7 Å². The van der Waals surface area contributed by atoms with Crippen LogP contribution in [0.4, 0.5) is 4.39 Å². The molecule has 9 heteroatoms. The van der Waals surface area contributed by atoms with Crippen LogP contribution in [-0.2, 0) is 22.6 Å². The second-order valence-corrected chi connectivity index (χ2v) is 7.99. The smallest absolute Gasteiger partial charge is 0.328 e. The van der Waals surface area contributed by atoms with Crippen molar-refractivity contribution in [3.63, 3.8) is 0 Å². The van der Waals surface area contributed by atoms with E-state index in [0.717, 1.165) is 11.6 Å². The molecule has 0 aromatic heterocycles. The van der Waals surface area contributed by atoms with Crippen molar-refractivity contribution < 1.29 is 33.3 Å². The number of aliphatic hydroxyl groups excluding tert-OH is 1. The lowest BCUT2D eigenvalue weighted by Crippen LogP contribution is -2.43. The fourth-order valence-electron chi connectivity index (χ4n) is 3.67. The first-order valence-electron chi connectivity index (χ1n) is 10.6. The minimum atomic E-state index is -1.07. The normalized spacial score (nSPS) is 11.5. The molecule has 3 rings (SSSR count). The van der Waals surface area contributed by atoms with Crippen LogP contribution in [0.3, 0.4) is 0 Å². The summed E-state index contributed by atoms with van der Waals surface area (Å²) in [5, 5.41) is 11.9. The zero-order valence-corrected chi connectivity index (χ0v) is 20.2. The van der Waals surface area contributed by atoms with Crippen LogP contribution in [0.2, 0.25) is 5.02 Å². The van der Waals surface area contributed by atoms with Crippen LogP contribution in [0.1, 0.15) is 21.5 Å². The predicted octanol–water partition coefficient (Wildman–Crippen LogP) is 4.17. The molecule has 2 N–H and O–H groups in total. The van der Waals surface area contributed by atoms with Gasteiger partial charge in [-0.3, -0.25) is 4.79 Å². The van der Waals surface area contributed by atoms with E-state index in [9.17, 15) is 19.1 Å². The summed E-state index contributed by atoms with van der Waals surface area (Å²) >= 11 is 5.97. The van der Waals surface area contributed by atoms with Gasteiger partial charge in [-0.25, -0.2) is 9.18 Å². The SMILES string of the molecule is COC(=O)[C@H](Cc1ccc(-c2c(OC)cc(CO)cc2OC)cc1)NC(=O)c1c(F)cccc1Cl. The third kappa shape index (κ3) is 5.90. The Hall–Kier alpha value is -3.62. The molecule has 7 nitrogen and oxygen atoms in total. The summed E-state index contributed by atoms with van der Waals surface area (Å²) in [5.74, 6) is -1.24. The van der Waals surface area contributed by atoms with E-state index in [1.54, 1.807) is 24.3 Å². The Labute approximate surface area is 207 Å². The summed E-state index contributed by atoms with van der Waals surface area (Å²) in [5.41, 5.74) is 2.50. The number of aliphatic hydroxyl groups is 1. The van der Waals surface area contributed by atoms with E-state index >= 15 is 0 Å². The molecule has 0 fully saturated rings. The highest BCUT2D eigenvalue weighted by atomic mass is 35.5. The van der Waals surface area contributed by atoms with Gasteiger partial charge < -0.3 is 24.6 Å². The molecule has 0 radical (unpaired) electrons. The quantitative estimate of drug-likeness (QED) is 0.427. The Bertz CT molecular complexity index is 1170. The number of halogens is 2. The van der Waals surface area contributed by atoms with Gasteiger partial charge in [0.1, 0.15) is 23.4 Å². The van der Waals surface area contributed by atoms with Gasteiger partial charge in [-0.2, -0.15) is 0 Å².